The van der Waals surface area contributed by atoms with Crippen LogP contribution in [0.2, 0.25) is 0 Å². The fourth-order valence-electron chi connectivity index (χ4n) is 4.12. The molecule has 3 rings (SSSR count). The highest BCUT2D eigenvalue weighted by molar-refractivity contribution is 9.10. The first-order chi connectivity index (χ1) is 11.1. The van der Waals surface area contributed by atoms with Crippen LogP contribution < -0.4 is 5.32 Å². The van der Waals surface area contributed by atoms with Crippen molar-refractivity contribution in [3.8, 4) is 0 Å². The van der Waals surface area contributed by atoms with E-state index in [0.717, 1.165) is 36.9 Å². The van der Waals surface area contributed by atoms with E-state index in [9.17, 15) is 4.79 Å². The molecule has 0 aliphatic carbocycles. The van der Waals surface area contributed by atoms with Crippen molar-refractivity contribution in [1.82, 2.24) is 10.2 Å². The van der Waals surface area contributed by atoms with Crippen LogP contribution in [-0.4, -0.2) is 48.7 Å². The van der Waals surface area contributed by atoms with Crippen LogP contribution >= 0.6 is 15.9 Å². The van der Waals surface area contributed by atoms with E-state index < -0.39 is 0 Å². The topological polar surface area (TPSA) is 41.6 Å². The van der Waals surface area contributed by atoms with E-state index in [0.29, 0.717) is 18.0 Å². The Balaban J connectivity index is 1.77. The van der Waals surface area contributed by atoms with Crippen LogP contribution in [0.25, 0.3) is 0 Å². The Kier molecular flexibility index (Phi) is 5.39. The minimum absolute atomic E-state index is 0.00252. The van der Waals surface area contributed by atoms with Crippen molar-refractivity contribution in [2.24, 2.45) is 0 Å². The highest BCUT2D eigenvalue weighted by Gasteiger charge is 2.48. The molecule has 4 nitrogen and oxygen atoms in total. The van der Waals surface area contributed by atoms with Crippen LogP contribution in [0.4, 0.5) is 0 Å². The molecule has 1 aromatic rings. The summed E-state index contributed by atoms with van der Waals surface area (Å²) < 4.78 is 6.62. The Morgan fingerprint density at radius 1 is 1.39 bits per heavy atom. The van der Waals surface area contributed by atoms with Gasteiger partial charge in [-0.15, -0.1) is 0 Å². The normalized spacial score (nSPS) is 31.4. The first-order valence-electron chi connectivity index (χ1n) is 8.49. The van der Waals surface area contributed by atoms with Crippen LogP contribution in [0.5, 0.6) is 0 Å². The van der Waals surface area contributed by atoms with Gasteiger partial charge in [0.25, 0.3) is 0 Å². The number of nitrogens with one attached hydrogen (secondary N) is 1. The zero-order valence-corrected chi connectivity index (χ0v) is 15.4. The zero-order valence-electron chi connectivity index (χ0n) is 13.8. The molecule has 2 aliphatic rings. The summed E-state index contributed by atoms with van der Waals surface area (Å²) in [5, 5.41) is 3.54. The number of ether oxygens (including phenoxy) is 1. The number of rotatable bonds is 3. The Hall–Kier alpha value is -0.910. The molecule has 5 heteroatoms. The van der Waals surface area contributed by atoms with Gasteiger partial charge < -0.3 is 10.1 Å². The van der Waals surface area contributed by atoms with Gasteiger partial charge in [-0.1, -0.05) is 35.0 Å². The molecule has 2 fully saturated rings. The summed E-state index contributed by atoms with van der Waals surface area (Å²) in [4.78, 5) is 13.9. The van der Waals surface area contributed by atoms with Crippen molar-refractivity contribution < 1.29 is 9.53 Å². The van der Waals surface area contributed by atoms with E-state index >= 15 is 0 Å². The molecule has 4 atom stereocenters. The molecule has 0 amide bonds. The van der Waals surface area contributed by atoms with E-state index in [4.69, 9.17) is 4.74 Å². The molecule has 2 aliphatic heterocycles. The smallest absolute Gasteiger partial charge is 0.302 e. The van der Waals surface area contributed by atoms with Crippen LogP contribution in [0.15, 0.2) is 28.7 Å². The molecule has 1 aromatic carbocycles. The number of carbonyl (C=O) groups is 1. The van der Waals surface area contributed by atoms with Crippen LogP contribution in [-0.2, 0) is 9.53 Å². The van der Waals surface area contributed by atoms with Gasteiger partial charge in [0, 0.05) is 42.5 Å². The van der Waals surface area contributed by atoms with Crippen molar-refractivity contribution in [2.45, 2.75) is 50.8 Å². The summed E-state index contributed by atoms with van der Waals surface area (Å²) in [7, 11) is 0. The highest BCUT2D eigenvalue weighted by atomic mass is 79.9. The van der Waals surface area contributed by atoms with Crippen molar-refractivity contribution >= 4 is 21.9 Å². The lowest BCUT2D eigenvalue weighted by Gasteiger charge is -2.57. The van der Waals surface area contributed by atoms with Crippen molar-refractivity contribution in [2.75, 3.05) is 19.6 Å². The maximum Gasteiger partial charge on any atom is 0.302 e. The van der Waals surface area contributed by atoms with Gasteiger partial charge in [0.1, 0.15) is 6.10 Å². The van der Waals surface area contributed by atoms with Gasteiger partial charge in [0.15, 0.2) is 0 Å². The molecule has 0 radical (unpaired) electrons. The summed E-state index contributed by atoms with van der Waals surface area (Å²) in [5.41, 5.74) is 1.41. The van der Waals surface area contributed by atoms with Gasteiger partial charge in [0.05, 0.1) is 0 Å². The van der Waals surface area contributed by atoms with Crippen molar-refractivity contribution in [3.63, 3.8) is 0 Å². The van der Waals surface area contributed by atoms with Crippen molar-refractivity contribution in [1.29, 1.82) is 0 Å². The van der Waals surface area contributed by atoms with E-state index in [-0.39, 0.29) is 12.1 Å². The Labute approximate surface area is 146 Å². The first-order valence-corrected chi connectivity index (χ1v) is 9.28. The number of halogens is 1. The van der Waals surface area contributed by atoms with E-state index in [1.807, 2.05) is 0 Å². The van der Waals surface area contributed by atoms with Crippen LogP contribution in [0.3, 0.4) is 0 Å². The van der Waals surface area contributed by atoms with Gasteiger partial charge in [-0.2, -0.15) is 0 Å². The number of hydrogen-bond acceptors (Lipinski definition) is 4. The molecule has 2 saturated heterocycles. The van der Waals surface area contributed by atoms with E-state index in [1.54, 1.807) is 0 Å². The quantitative estimate of drug-likeness (QED) is 0.818. The third-order valence-electron chi connectivity index (χ3n) is 5.10. The third kappa shape index (κ3) is 3.62. The molecular weight excluding hydrogens is 356 g/mol. The predicted molar refractivity (Wildman–Crippen MR) is 94.5 cm³/mol. The number of nitrogens with zero attached hydrogens (tertiary/aromatic N) is 1. The first kappa shape index (κ1) is 16.9. The van der Waals surface area contributed by atoms with E-state index in [1.165, 1.54) is 12.5 Å². The zero-order chi connectivity index (χ0) is 16.4. The summed E-state index contributed by atoms with van der Waals surface area (Å²) in [6, 6.07) is 9.73. The molecule has 0 bridgehead atoms. The minimum Gasteiger partial charge on any atom is -0.461 e. The summed E-state index contributed by atoms with van der Waals surface area (Å²) in [6.07, 6.45) is 2.01. The summed E-state index contributed by atoms with van der Waals surface area (Å²) >= 11 is 3.52. The maximum atomic E-state index is 11.3. The SMILES string of the molecule is CC[C@@H]1[C@H](c2ccc(Br)cc2)[C@@H]2CNCC[C@H](OC(C)=O)CN12. The fraction of sp³-hybridized carbons (Fsp3) is 0.611. The summed E-state index contributed by atoms with van der Waals surface area (Å²) in [5.74, 6) is 0.377. The van der Waals surface area contributed by atoms with Gasteiger partial charge in [-0.05, 0) is 37.1 Å². The Morgan fingerprint density at radius 3 is 2.78 bits per heavy atom. The number of hydrogen-bond donors (Lipinski definition) is 1. The third-order valence-corrected chi connectivity index (χ3v) is 5.63. The molecule has 0 aromatic heterocycles. The molecule has 0 saturated carbocycles. The van der Waals surface area contributed by atoms with Gasteiger partial charge in [-0.25, -0.2) is 0 Å². The standard InChI is InChI=1S/C18H25BrN2O2/c1-3-16-18(13-4-6-14(19)7-5-13)17-10-20-9-8-15(11-21(16)17)23-12(2)22/h4-7,15-18,20H,3,8-11H2,1-2H3/t15-,16+,17-,18-/m0/s1. The number of esters is 1. The second-order valence-electron chi connectivity index (χ2n) is 6.54. The number of carbonyl (C=O) groups excluding carboxylic acids is 1. The van der Waals surface area contributed by atoms with Crippen molar-refractivity contribution in [3.05, 3.63) is 34.3 Å². The van der Waals surface area contributed by atoms with Gasteiger partial charge in [0.2, 0.25) is 0 Å². The minimum atomic E-state index is -0.176. The second-order valence-corrected chi connectivity index (χ2v) is 7.46. The van der Waals surface area contributed by atoms with Crippen LogP contribution in [0, 0.1) is 0 Å². The van der Waals surface area contributed by atoms with Crippen LogP contribution in [0.1, 0.15) is 38.2 Å². The lowest BCUT2D eigenvalue weighted by molar-refractivity contribution is -0.151. The summed E-state index contributed by atoms with van der Waals surface area (Å²) in [6.45, 7) is 6.52. The molecule has 23 heavy (non-hydrogen) atoms. The average molecular weight is 381 g/mol. The monoisotopic (exact) mass is 380 g/mol. The molecule has 1 N–H and O–H groups in total. The Bertz CT molecular complexity index is 548. The average Bonchev–Trinajstić information content (AvgIpc) is 2.49. The van der Waals surface area contributed by atoms with E-state index in [2.05, 4.69) is 57.3 Å². The van der Waals surface area contributed by atoms with Gasteiger partial charge >= 0.3 is 5.97 Å². The largest absolute Gasteiger partial charge is 0.461 e. The second kappa shape index (κ2) is 7.32. The molecule has 0 spiro atoms. The molecular formula is C18H25BrN2O2. The Morgan fingerprint density at radius 2 is 2.13 bits per heavy atom. The van der Waals surface area contributed by atoms with Gasteiger partial charge in [-0.3, -0.25) is 9.69 Å². The lowest BCUT2D eigenvalue weighted by Crippen LogP contribution is -2.67. The molecule has 126 valence electrons. The lowest BCUT2D eigenvalue weighted by atomic mass is 9.73. The predicted octanol–water partition coefficient (Wildman–Crippen LogP) is 2.92. The maximum absolute atomic E-state index is 11.3. The highest BCUT2D eigenvalue weighted by Crippen LogP contribution is 2.43. The number of benzene rings is 1. The fourth-order valence-corrected chi connectivity index (χ4v) is 4.38. The molecule has 2 heterocycles. The molecule has 0 unspecified atom stereocenters. The number of fused-ring (bicyclic) bond motifs is 1.